The number of anilines is 6. The second-order valence-corrected chi connectivity index (χ2v) is 19.6. The molecule has 0 atom stereocenters. The Morgan fingerprint density at radius 2 is 0.829 bits per heavy atom. The van der Waals surface area contributed by atoms with Crippen molar-refractivity contribution in [2.45, 2.75) is 32.0 Å². The Kier molecular flexibility index (Phi) is 9.79. The molecule has 0 aliphatic heterocycles. The number of ether oxygens (including phenoxy) is 2. The van der Waals surface area contributed by atoms with E-state index in [0.29, 0.717) is 11.4 Å². The zero-order valence-electron chi connectivity index (χ0n) is 40.6. The van der Waals surface area contributed by atoms with Gasteiger partial charge in [-0.05, 0) is 144 Å². The first kappa shape index (κ1) is 45.4. The van der Waals surface area contributed by atoms with E-state index in [4.69, 9.17) is 0 Å². The molecule has 0 fully saturated rings. The molecule has 2 aliphatic rings. The van der Waals surface area contributed by atoms with Crippen molar-refractivity contribution in [3.63, 3.8) is 0 Å². The Labute approximate surface area is 432 Å². The number of nitrogens with zero attached hydrogens (tertiary/aromatic N) is 3. The third-order valence-corrected chi connectivity index (χ3v) is 15.3. The van der Waals surface area contributed by atoms with E-state index >= 15 is 0 Å². The lowest BCUT2D eigenvalue weighted by molar-refractivity contribution is -0.275. The van der Waals surface area contributed by atoms with Crippen LogP contribution in [0.5, 0.6) is 11.5 Å². The number of alkyl halides is 6. The van der Waals surface area contributed by atoms with E-state index < -0.39 is 18.1 Å². The Morgan fingerprint density at radius 1 is 0.395 bits per heavy atom. The minimum Gasteiger partial charge on any atom is -0.406 e. The van der Waals surface area contributed by atoms with Crippen LogP contribution in [0.1, 0.15) is 33.4 Å². The van der Waals surface area contributed by atoms with Gasteiger partial charge in [-0.1, -0.05) is 132 Å². The molecule has 11 heteroatoms. The number of benzene rings is 10. The number of hydrogen-bond acceptors (Lipinski definition) is 4. The summed E-state index contributed by atoms with van der Waals surface area (Å²) in [7, 11) is 0. The lowest BCUT2D eigenvalue weighted by atomic mass is 9.70. The minimum atomic E-state index is -4.86. The maximum absolute atomic E-state index is 13.5. The fraction of sp³-hybridized carbons (Fsp3) is 0.0769. The van der Waals surface area contributed by atoms with Gasteiger partial charge in [0.25, 0.3) is 0 Å². The van der Waals surface area contributed by atoms with Crippen molar-refractivity contribution in [2.24, 2.45) is 0 Å². The predicted octanol–water partition coefficient (Wildman–Crippen LogP) is 18.5. The molecule has 370 valence electrons. The number of hydrogen-bond donors (Lipinski definition) is 0. The maximum atomic E-state index is 13.5. The van der Waals surface area contributed by atoms with Crippen LogP contribution in [0.3, 0.4) is 0 Å². The van der Waals surface area contributed by atoms with Gasteiger partial charge in [0, 0.05) is 55.5 Å². The number of aryl methyl sites for hydroxylation is 2. The minimum absolute atomic E-state index is 0.328. The molecule has 0 unspecified atom stereocenters. The number of halogens is 6. The Bertz CT molecular complexity index is 4230. The van der Waals surface area contributed by atoms with Gasteiger partial charge < -0.3 is 23.7 Å². The summed E-state index contributed by atoms with van der Waals surface area (Å²) in [5.74, 6) is -0.656. The Balaban J connectivity index is 1.10. The van der Waals surface area contributed by atoms with Gasteiger partial charge in [-0.2, -0.15) is 0 Å². The summed E-state index contributed by atoms with van der Waals surface area (Å²) in [4.78, 5) is 4.12. The molecule has 10 aromatic carbocycles. The SMILES string of the molecule is Cc1ccc(N(c2ccc(OC(F)(F)F)cc2)c2ccc3c4ccc(N(c5ccc(C)cc5)c5ccc(OC(F)(F)F)cc5)c5c6ccc7c(c6n(c3c2)c45)-c2ccccc2C72c3ccccc3-c3ccccc32)cc1. The van der Waals surface area contributed by atoms with Crippen LogP contribution in [0, 0.1) is 13.8 Å². The van der Waals surface area contributed by atoms with Crippen LogP contribution in [0.25, 0.3) is 60.3 Å². The normalized spacial score (nSPS) is 13.4. The Hall–Kier alpha value is -9.22. The van der Waals surface area contributed by atoms with E-state index in [1.54, 1.807) is 24.3 Å². The third kappa shape index (κ3) is 6.81. The molecular weight excluding hydrogens is 969 g/mol. The van der Waals surface area contributed by atoms with Crippen molar-refractivity contribution >= 4 is 72.2 Å². The van der Waals surface area contributed by atoms with E-state index in [9.17, 15) is 26.3 Å². The van der Waals surface area contributed by atoms with Crippen molar-refractivity contribution in [3.05, 3.63) is 246 Å². The first-order valence-electron chi connectivity index (χ1n) is 24.8. The van der Waals surface area contributed by atoms with Gasteiger partial charge in [0.05, 0.1) is 27.7 Å². The number of aromatic nitrogens is 1. The summed E-state index contributed by atoms with van der Waals surface area (Å²) in [6.45, 7) is 4.01. The van der Waals surface area contributed by atoms with Crippen molar-refractivity contribution in [3.8, 4) is 33.8 Å². The average Bonchev–Trinajstić information content (AvgIpc) is 4.33. The Morgan fingerprint density at radius 3 is 1.36 bits per heavy atom. The van der Waals surface area contributed by atoms with E-state index in [2.05, 4.69) is 128 Å². The molecule has 0 saturated carbocycles. The number of rotatable bonds is 8. The smallest absolute Gasteiger partial charge is 0.406 e. The molecule has 0 bridgehead atoms. The van der Waals surface area contributed by atoms with Crippen molar-refractivity contribution in [2.75, 3.05) is 9.80 Å². The van der Waals surface area contributed by atoms with E-state index in [-0.39, 0.29) is 11.5 Å². The quantitative estimate of drug-likeness (QED) is 0.142. The zero-order valence-corrected chi connectivity index (χ0v) is 40.6. The van der Waals surface area contributed by atoms with Crippen molar-refractivity contribution < 1.29 is 35.8 Å². The van der Waals surface area contributed by atoms with Crippen LogP contribution < -0.4 is 19.3 Å². The third-order valence-electron chi connectivity index (χ3n) is 15.3. The molecule has 14 rings (SSSR count). The zero-order chi connectivity index (χ0) is 51.8. The first-order chi connectivity index (χ1) is 36.7. The first-order valence-corrected chi connectivity index (χ1v) is 24.8. The topological polar surface area (TPSA) is 29.4 Å². The molecule has 0 saturated heterocycles. The molecule has 0 radical (unpaired) electrons. The second kappa shape index (κ2) is 16.4. The number of fused-ring (bicyclic) bond motifs is 17. The van der Waals surface area contributed by atoms with Crippen molar-refractivity contribution in [1.82, 2.24) is 4.40 Å². The van der Waals surface area contributed by atoms with Crippen LogP contribution in [0.4, 0.5) is 60.5 Å². The highest BCUT2D eigenvalue weighted by Crippen LogP contribution is 2.65. The van der Waals surface area contributed by atoms with Gasteiger partial charge >= 0.3 is 12.7 Å². The molecule has 5 nitrogen and oxygen atoms in total. The highest BCUT2D eigenvalue weighted by Gasteiger charge is 2.52. The van der Waals surface area contributed by atoms with Gasteiger partial charge in [-0.3, -0.25) is 0 Å². The van der Waals surface area contributed by atoms with E-state index in [1.807, 2.05) is 73.3 Å². The summed E-state index contributed by atoms with van der Waals surface area (Å²) < 4.78 is 91.8. The van der Waals surface area contributed by atoms with Gasteiger partial charge in [0.1, 0.15) is 11.5 Å². The molecule has 76 heavy (non-hydrogen) atoms. The van der Waals surface area contributed by atoms with Crippen LogP contribution in [-0.4, -0.2) is 17.1 Å². The monoisotopic (exact) mass is 1010 g/mol. The van der Waals surface area contributed by atoms with Gasteiger partial charge in [0.15, 0.2) is 0 Å². The summed E-state index contributed by atoms with van der Waals surface area (Å²) in [5, 5.41) is 3.86. The van der Waals surface area contributed by atoms with Gasteiger partial charge in [-0.25, -0.2) is 0 Å². The van der Waals surface area contributed by atoms with Gasteiger partial charge in [0.2, 0.25) is 0 Å². The summed E-state index contributed by atoms with van der Waals surface area (Å²) in [5.41, 5.74) is 17.9. The van der Waals surface area contributed by atoms with Crippen LogP contribution in [-0.2, 0) is 5.41 Å². The molecule has 1 spiro atoms. The van der Waals surface area contributed by atoms with Crippen molar-refractivity contribution in [1.29, 1.82) is 0 Å². The summed E-state index contributed by atoms with van der Waals surface area (Å²) >= 11 is 0. The fourth-order valence-electron chi connectivity index (χ4n) is 12.4. The van der Waals surface area contributed by atoms with Crippen LogP contribution in [0.2, 0.25) is 0 Å². The summed E-state index contributed by atoms with van der Waals surface area (Å²) in [6, 6.07) is 69.0. The lowest BCUT2D eigenvalue weighted by Crippen LogP contribution is -2.25. The fourth-order valence-corrected chi connectivity index (χ4v) is 12.4. The molecule has 12 aromatic rings. The standard InChI is InChI=1S/C65H41F6N3O2/c1-38-15-19-40(20-16-38)72(41-23-28-45(29-24-41)75-64(66,67)68)44-27-32-49-50-34-36-57(73(42-21-17-39(2)18-22-42)43-25-30-46(31-26-43)76-65(69,70)71)60-52-33-35-56-59(62(52)74(61(50)60)58(49)37-44)51-11-5-8-14-55(51)63(56)53-12-6-3-9-47(53)48-10-4-7-13-54(48)63/h3-37H,1-2H3. The second-order valence-electron chi connectivity index (χ2n) is 19.6. The molecule has 2 aromatic heterocycles. The largest absolute Gasteiger partial charge is 0.573 e. The highest BCUT2D eigenvalue weighted by molar-refractivity contribution is 6.30. The molecule has 2 aliphatic carbocycles. The van der Waals surface area contributed by atoms with Crippen LogP contribution >= 0.6 is 0 Å². The van der Waals surface area contributed by atoms with Crippen LogP contribution in [0.15, 0.2) is 212 Å². The molecule has 2 heterocycles. The molecule has 0 amide bonds. The average molecular weight is 1010 g/mol. The highest BCUT2D eigenvalue weighted by atomic mass is 19.4. The predicted molar refractivity (Wildman–Crippen MR) is 290 cm³/mol. The maximum Gasteiger partial charge on any atom is 0.573 e. The molecule has 0 N–H and O–H groups in total. The summed E-state index contributed by atoms with van der Waals surface area (Å²) in [6.07, 6.45) is -9.71. The van der Waals surface area contributed by atoms with E-state index in [0.717, 1.165) is 88.7 Å². The van der Waals surface area contributed by atoms with E-state index in [1.165, 1.54) is 52.1 Å². The lowest BCUT2D eigenvalue weighted by Gasteiger charge is -2.30. The molecular formula is C65H41F6N3O2. The van der Waals surface area contributed by atoms with Gasteiger partial charge in [-0.15, -0.1) is 26.3 Å².